The minimum absolute atomic E-state index is 0.0245. The summed E-state index contributed by atoms with van der Waals surface area (Å²) in [5.41, 5.74) is -0.0522. The number of methoxy groups -OCH3 is 2. The number of ether oxygens (including phenoxy) is 3. The number of carbonyl (C=O) groups is 2. The molecule has 0 saturated carbocycles. The third-order valence-electron chi connectivity index (χ3n) is 5.35. The van der Waals surface area contributed by atoms with Gasteiger partial charge in [0.2, 0.25) is 5.91 Å². The number of benzene rings is 1. The van der Waals surface area contributed by atoms with E-state index in [4.69, 9.17) is 14.2 Å². The number of fused-ring (bicyclic) bond motifs is 1. The summed E-state index contributed by atoms with van der Waals surface area (Å²) in [7, 11) is 3.11. The van der Waals surface area contributed by atoms with Gasteiger partial charge in [-0.05, 0) is 6.42 Å². The molecule has 26 heavy (non-hydrogen) atoms. The molecule has 1 saturated heterocycles. The van der Waals surface area contributed by atoms with E-state index in [0.717, 1.165) is 12.8 Å². The molecule has 0 aliphatic carbocycles. The second-order valence-corrected chi connectivity index (χ2v) is 7.07. The molecule has 6 heteroatoms. The van der Waals surface area contributed by atoms with Crippen LogP contribution in [0.3, 0.4) is 0 Å². The molecular formula is C20H27NO5. The normalized spacial score (nSPS) is 18.3. The van der Waals surface area contributed by atoms with Crippen molar-refractivity contribution in [1.29, 1.82) is 0 Å². The topological polar surface area (TPSA) is 65.1 Å². The molecule has 1 aromatic carbocycles. The maximum atomic E-state index is 12.8. The summed E-state index contributed by atoms with van der Waals surface area (Å²) in [5.74, 6) is 1.82. The largest absolute Gasteiger partial charge is 0.496 e. The van der Waals surface area contributed by atoms with Gasteiger partial charge in [0.05, 0.1) is 20.6 Å². The monoisotopic (exact) mass is 361 g/mol. The first kappa shape index (κ1) is 18.5. The molecule has 1 spiro atoms. The van der Waals surface area contributed by atoms with Crippen LogP contribution in [0.2, 0.25) is 0 Å². The van der Waals surface area contributed by atoms with Gasteiger partial charge in [-0.1, -0.05) is 13.3 Å². The van der Waals surface area contributed by atoms with E-state index < -0.39 is 5.60 Å². The number of Topliss-reactive ketones (excluding diaryl/α,β-unsaturated/α-hetero) is 1. The van der Waals surface area contributed by atoms with E-state index >= 15 is 0 Å². The van der Waals surface area contributed by atoms with Crippen molar-refractivity contribution in [3.63, 3.8) is 0 Å². The SMILES string of the molecule is CCCCC(=O)N1CCC2(CC1)CC(=O)c1c(OC)cc(OC)cc1O2. The Morgan fingerprint density at radius 2 is 1.96 bits per heavy atom. The van der Waals surface area contributed by atoms with Gasteiger partial charge < -0.3 is 19.1 Å². The van der Waals surface area contributed by atoms with E-state index in [-0.39, 0.29) is 11.7 Å². The fraction of sp³-hybridized carbons (Fsp3) is 0.600. The maximum Gasteiger partial charge on any atom is 0.222 e. The lowest BCUT2D eigenvalue weighted by Gasteiger charge is -2.44. The van der Waals surface area contributed by atoms with Gasteiger partial charge in [-0.25, -0.2) is 0 Å². The zero-order valence-corrected chi connectivity index (χ0v) is 15.8. The van der Waals surface area contributed by atoms with Crippen LogP contribution >= 0.6 is 0 Å². The zero-order valence-electron chi connectivity index (χ0n) is 15.8. The smallest absolute Gasteiger partial charge is 0.222 e. The van der Waals surface area contributed by atoms with Crippen molar-refractivity contribution in [3.05, 3.63) is 17.7 Å². The van der Waals surface area contributed by atoms with Gasteiger partial charge in [-0.15, -0.1) is 0 Å². The maximum absolute atomic E-state index is 12.8. The summed E-state index contributed by atoms with van der Waals surface area (Å²) < 4.78 is 17.0. The Balaban J connectivity index is 1.77. The lowest BCUT2D eigenvalue weighted by atomic mass is 9.82. The minimum atomic E-state index is -0.539. The fourth-order valence-electron chi connectivity index (χ4n) is 3.78. The summed E-state index contributed by atoms with van der Waals surface area (Å²) in [6.45, 7) is 3.35. The lowest BCUT2D eigenvalue weighted by molar-refractivity contribution is -0.134. The Kier molecular flexibility index (Phi) is 5.39. The summed E-state index contributed by atoms with van der Waals surface area (Å²) in [6.07, 6.45) is 4.18. The second-order valence-electron chi connectivity index (χ2n) is 7.07. The molecule has 2 aliphatic heterocycles. The number of hydrogen-bond donors (Lipinski definition) is 0. The second kappa shape index (κ2) is 7.56. The molecule has 6 nitrogen and oxygen atoms in total. The van der Waals surface area contributed by atoms with Crippen LogP contribution in [0.4, 0.5) is 0 Å². The van der Waals surface area contributed by atoms with Gasteiger partial charge in [-0.2, -0.15) is 0 Å². The molecule has 1 fully saturated rings. The highest BCUT2D eigenvalue weighted by Gasteiger charge is 2.44. The van der Waals surface area contributed by atoms with Crippen LogP contribution in [0.25, 0.3) is 0 Å². The average molecular weight is 361 g/mol. The Hall–Kier alpha value is -2.24. The van der Waals surface area contributed by atoms with Gasteiger partial charge in [-0.3, -0.25) is 9.59 Å². The Labute approximate surface area is 154 Å². The number of hydrogen-bond acceptors (Lipinski definition) is 5. The number of likely N-dealkylation sites (tertiary alicyclic amines) is 1. The molecule has 0 radical (unpaired) electrons. The van der Waals surface area contributed by atoms with Gasteiger partial charge in [0.1, 0.15) is 28.4 Å². The number of piperidine rings is 1. The highest BCUT2D eigenvalue weighted by Crippen LogP contribution is 2.44. The summed E-state index contributed by atoms with van der Waals surface area (Å²) in [6, 6.07) is 3.45. The molecule has 2 heterocycles. The van der Waals surface area contributed by atoms with Crippen LogP contribution in [-0.4, -0.2) is 49.5 Å². The first-order valence-electron chi connectivity index (χ1n) is 9.28. The molecular weight excluding hydrogens is 334 g/mol. The Morgan fingerprint density at radius 1 is 1.23 bits per heavy atom. The molecule has 3 rings (SSSR count). The molecule has 142 valence electrons. The third kappa shape index (κ3) is 3.50. The molecule has 0 atom stereocenters. The predicted octanol–water partition coefficient (Wildman–Crippen LogP) is 3.22. The molecule has 1 aromatic rings. The lowest BCUT2D eigenvalue weighted by Crippen LogP contribution is -2.52. The highest BCUT2D eigenvalue weighted by molar-refractivity contribution is 6.03. The van der Waals surface area contributed by atoms with Crippen molar-refractivity contribution in [2.75, 3.05) is 27.3 Å². The van der Waals surface area contributed by atoms with Crippen molar-refractivity contribution in [2.24, 2.45) is 0 Å². The number of unbranched alkanes of at least 4 members (excludes halogenated alkanes) is 1. The van der Waals surface area contributed by atoms with E-state index in [2.05, 4.69) is 6.92 Å². The van der Waals surface area contributed by atoms with Crippen molar-refractivity contribution in [2.45, 2.75) is 51.0 Å². The van der Waals surface area contributed by atoms with E-state index in [9.17, 15) is 9.59 Å². The third-order valence-corrected chi connectivity index (χ3v) is 5.35. The van der Waals surface area contributed by atoms with Crippen LogP contribution in [0.5, 0.6) is 17.2 Å². The van der Waals surface area contributed by atoms with E-state index in [1.165, 1.54) is 7.11 Å². The molecule has 0 bridgehead atoms. The van der Waals surface area contributed by atoms with Crippen LogP contribution in [-0.2, 0) is 4.79 Å². The molecule has 0 aromatic heterocycles. The molecule has 2 aliphatic rings. The number of carbonyl (C=O) groups excluding carboxylic acids is 2. The van der Waals surface area contributed by atoms with Gasteiger partial charge in [0.25, 0.3) is 0 Å². The van der Waals surface area contributed by atoms with Crippen LogP contribution in [0, 0.1) is 0 Å². The number of rotatable bonds is 5. The van der Waals surface area contributed by atoms with E-state index in [1.54, 1.807) is 19.2 Å². The Morgan fingerprint density at radius 3 is 2.58 bits per heavy atom. The number of amides is 1. The number of ketones is 1. The van der Waals surface area contributed by atoms with Crippen molar-refractivity contribution in [3.8, 4) is 17.2 Å². The van der Waals surface area contributed by atoms with Gasteiger partial charge in [0, 0.05) is 44.5 Å². The predicted molar refractivity (Wildman–Crippen MR) is 97.2 cm³/mol. The van der Waals surface area contributed by atoms with E-state index in [0.29, 0.717) is 61.6 Å². The van der Waals surface area contributed by atoms with Gasteiger partial charge in [0.15, 0.2) is 5.78 Å². The Bertz CT molecular complexity index is 692. The van der Waals surface area contributed by atoms with Crippen LogP contribution in [0.1, 0.15) is 55.8 Å². The van der Waals surface area contributed by atoms with Crippen molar-refractivity contribution in [1.82, 2.24) is 4.90 Å². The number of nitrogens with zero attached hydrogens (tertiary/aromatic N) is 1. The van der Waals surface area contributed by atoms with Crippen LogP contribution < -0.4 is 14.2 Å². The first-order chi connectivity index (χ1) is 12.5. The molecule has 0 N–H and O–H groups in total. The zero-order chi connectivity index (χ0) is 18.7. The summed E-state index contributed by atoms with van der Waals surface area (Å²) in [4.78, 5) is 27.0. The van der Waals surface area contributed by atoms with E-state index in [1.807, 2.05) is 4.90 Å². The average Bonchev–Trinajstić information content (AvgIpc) is 2.65. The highest BCUT2D eigenvalue weighted by atomic mass is 16.5. The first-order valence-corrected chi connectivity index (χ1v) is 9.28. The minimum Gasteiger partial charge on any atom is -0.496 e. The summed E-state index contributed by atoms with van der Waals surface area (Å²) >= 11 is 0. The van der Waals surface area contributed by atoms with Crippen LogP contribution in [0.15, 0.2) is 12.1 Å². The quantitative estimate of drug-likeness (QED) is 0.806. The fourth-order valence-corrected chi connectivity index (χ4v) is 3.78. The standard InChI is InChI=1S/C20H27NO5/c1-4-5-6-18(23)21-9-7-20(8-10-21)13-15(22)19-16(25-3)11-14(24-2)12-17(19)26-20/h11-12H,4-10,13H2,1-3H3. The van der Waals surface area contributed by atoms with Crippen molar-refractivity contribution >= 4 is 11.7 Å². The summed E-state index contributed by atoms with van der Waals surface area (Å²) in [5, 5.41) is 0. The van der Waals surface area contributed by atoms with Gasteiger partial charge >= 0.3 is 0 Å². The molecule has 1 amide bonds. The van der Waals surface area contributed by atoms with Crippen molar-refractivity contribution < 1.29 is 23.8 Å². The molecule has 0 unspecified atom stereocenters.